The minimum absolute atomic E-state index is 0.412. The molecule has 2 aromatic carbocycles. The topological polar surface area (TPSA) is 63.2 Å². The summed E-state index contributed by atoms with van der Waals surface area (Å²) in [5.41, 5.74) is 1.02. The lowest BCUT2D eigenvalue weighted by molar-refractivity contribution is -0.114. The molecule has 2 aromatic rings. The number of benzene rings is 2. The van der Waals surface area contributed by atoms with Gasteiger partial charge < -0.3 is 0 Å². The van der Waals surface area contributed by atoms with Crippen LogP contribution in [0.25, 0.3) is 12.2 Å². The second-order valence-corrected chi connectivity index (χ2v) is 6.32. The van der Waals surface area contributed by atoms with Crippen molar-refractivity contribution in [3.8, 4) is 0 Å². The third kappa shape index (κ3) is 5.77. The fourth-order valence-corrected chi connectivity index (χ4v) is 2.45. The van der Waals surface area contributed by atoms with Crippen LogP contribution in [0.2, 0.25) is 0 Å². The van der Waals surface area contributed by atoms with Gasteiger partial charge in [0.15, 0.2) is 0 Å². The Hall–Kier alpha value is -2.80. The Balaban J connectivity index is 1.98. The number of carbonyl (C=O) groups excluding carboxylic acids is 1. The van der Waals surface area contributed by atoms with Gasteiger partial charge in [-0.1, -0.05) is 24.3 Å². The summed E-state index contributed by atoms with van der Waals surface area (Å²) in [6, 6.07) is 10.5. The Bertz CT molecular complexity index is 871. The van der Waals surface area contributed by atoms with Crippen LogP contribution in [-0.2, 0) is 14.8 Å². The number of amides is 1. The number of nitrogens with one attached hydrogen (secondary N) is 1. The standard InChI is InChI=1S/C17H13F2NO3S/c18-15-6-1-13(2-7-15)5-10-17(21)20-24(22,23)12-11-14-3-8-16(19)9-4-14/h1-12H,(H,20,21)/b10-5+,12-11-. The van der Waals surface area contributed by atoms with Crippen LogP contribution in [0.5, 0.6) is 0 Å². The van der Waals surface area contributed by atoms with Crippen molar-refractivity contribution in [3.05, 3.63) is 82.8 Å². The first-order chi connectivity index (χ1) is 11.3. The largest absolute Gasteiger partial charge is 0.269 e. The summed E-state index contributed by atoms with van der Waals surface area (Å²) >= 11 is 0. The number of hydrogen-bond acceptors (Lipinski definition) is 3. The molecule has 24 heavy (non-hydrogen) atoms. The number of rotatable bonds is 5. The van der Waals surface area contributed by atoms with Gasteiger partial charge in [0, 0.05) is 6.08 Å². The van der Waals surface area contributed by atoms with Crippen LogP contribution in [0.15, 0.2) is 60.0 Å². The SMILES string of the molecule is O=C(/C=C/c1ccc(F)cc1)NS(=O)(=O)/C=C\c1ccc(F)cc1. The molecule has 1 N–H and O–H groups in total. The molecule has 2 rings (SSSR count). The lowest BCUT2D eigenvalue weighted by Gasteiger charge is -1.99. The van der Waals surface area contributed by atoms with Crippen LogP contribution in [0.1, 0.15) is 11.1 Å². The molecule has 0 radical (unpaired) electrons. The van der Waals surface area contributed by atoms with Crippen molar-refractivity contribution in [2.24, 2.45) is 0 Å². The van der Waals surface area contributed by atoms with Gasteiger partial charge in [-0.15, -0.1) is 0 Å². The normalized spacial score (nSPS) is 11.9. The van der Waals surface area contributed by atoms with Crippen LogP contribution in [0, 0.1) is 11.6 Å². The number of carbonyl (C=O) groups is 1. The second kappa shape index (κ2) is 7.65. The van der Waals surface area contributed by atoms with E-state index in [1.807, 2.05) is 4.72 Å². The van der Waals surface area contributed by atoms with Gasteiger partial charge in [-0.05, 0) is 47.5 Å². The average Bonchev–Trinajstić information content (AvgIpc) is 2.53. The third-order valence-corrected chi connectivity index (χ3v) is 3.83. The van der Waals surface area contributed by atoms with Gasteiger partial charge in [0.1, 0.15) is 11.6 Å². The molecule has 0 heterocycles. The first-order valence-electron chi connectivity index (χ1n) is 6.78. The minimum Gasteiger partial charge on any atom is -0.269 e. The molecule has 0 atom stereocenters. The van der Waals surface area contributed by atoms with Crippen LogP contribution in [-0.4, -0.2) is 14.3 Å². The Morgan fingerprint density at radius 2 is 1.29 bits per heavy atom. The van der Waals surface area contributed by atoms with Gasteiger partial charge in [0.05, 0.1) is 5.41 Å². The highest BCUT2D eigenvalue weighted by Crippen LogP contribution is 2.06. The number of hydrogen-bond donors (Lipinski definition) is 1. The van der Waals surface area contributed by atoms with E-state index < -0.39 is 27.6 Å². The van der Waals surface area contributed by atoms with Crippen molar-refractivity contribution >= 4 is 28.1 Å². The molecule has 7 heteroatoms. The molecule has 4 nitrogen and oxygen atoms in total. The Kier molecular flexibility index (Phi) is 5.59. The maximum Gasteiger partial charge on any atom is 0.257 e. The molecule has 0 unspecified atom stereocenters. The van der Waals surface area contributed by atoms with Gasteiger partial charge in [-0.25, -0.2) is 21.9 Å². The maximum absolute atomic E-state index is 12.8. The average molecular weight is 349 g/mol. The van der Waals surface area contributed by atoms with E-state index in [0.29, 0.717) is 11.1 Å². The Labute approximate surface area is 138 Å². The quantitative estimate of drug-likeness (QED) is 0.844. The van der Waals surface area contributed by atoms with Crippen LogP contribution in [0.3, 0.4) is 0 Å². The number of halogens is 2. The molecular formula is C17H13F2NO3S. The van der Waals surface area contributed by atoms with E-state index in [1.54, 1.807) is 0 Å². The van der Waals surface area contributed by atoms with Crippen molar-refractivity contribution in [1.29, 1.82) is 0 Å². The lowest BCUT2D eigenvalue weighted by Crippen LogP contribution is -2.26. The van der Waals surface area contributed by atoms with Gasteiger partial charge in [-0.3, -0.25) is 4.79 Å². The van der Waals surface area contributed by atoms with Gasteiger partial charge >= 0.3 is 0 Å². The highest BCUT2D eigenvalue weighted by molar-refractivity contribution is 7.93. The van der Waals surface area contributed by atoms with Gasteiger partial charge in [0.25, 0.3) is 15.9 Å². The van der Waals surface area contributed by atoms with Crippen molar-refractivity contribution in [1.82, 2.24) is 4.72 Å². The molecule has 0 aliphatic carbocycles. The van der Waals surface area contributed by atoms with Crippen molar-refractivity contribution < 1.29 is 22.0 Å². The van der Waals surface area contributed by atoms with E-state index in [-0.39, 0.29) is 0 Å². The highest BCUT2D eigenvalue weighted by atomic mass is 32.2. The third-order valence-electron chi connectivity index (χ3n) is 2.85. The molecule has 1 amide bonds. The fraction of sp³-hybridized carbons (Fsp3) is 0. The second-order valence-electron chi connectivity index (χ2n) is 4.75. The molecule has 0 aliphatic rings. The maximum atomic E-state index is 12.8. The monoisotopic (exact) mass is 349 g/mol. The predicted octanol–water partition coefficient (Wildman–Crippen LogP) is 3.09. The van der Waals surface area contributed by atoms with E-state index in [4.69, 9.17) is 0 Å². The van der Waals surface area contributed by atoms with Crippen molar-refractivity contribution in [2.45, 2.75) is 0 Å². The summed E-state index contributed by atoms with van der Waals surface area (Å²) in [6.45, 7) is 0. The zero-order valence-corrected chi connectivity index (χ0v) is 13.1. The van der Waals surface area contributed by atoms with Gasteiger partial charge in [-0.2, -0.15) is 0 Å². The summed E-state index contributed by atoms with van der Waals surface area (Å²) in [6.07, 6.45) is 3.61. The molecule has 0 spiro atoms. The lowest BCUT2D eigenvalue weighted by atomic mass is 10.2. The Morgan fingerprint density at radius 3 is 1.79 bits per heavy atom. The summed E-state index contributed by atoms with van der Waals surface area (Å²) < 4.78 is 50.8. The van der Waals surface area contributed by atoms with Crippen molar-refractivity contribution in [3.63, 3.8) is 0 Å². The zero-order chi connectivity index (χ0) is 17.6. The molecule has 0 bridgehead atoms. The van der Waals surface area contributed by atoms with E-state index in [2.05, 4.69) is 0 Å². The smallest absolute Gasteiger partial charge is 0.257 e. The van der Waals surface area contributed by atoms with E-state index in [9.17, 15) is 22.0 Å². The van der Waals surface area contributed by atoms with Gasteiger partial charge in [0.2, 0.25) is 0 Å². The van der Waals surface area contributed by atoms with Crippen LogP contribution in [0.4, 0.5) is 8.78 Å². The summed E-state index contributed by atoms with van der Waals surface area (Å²) in [4.78, 5) is 11.6. The van der Waals surface area contributed by atoms with Crippen molar-refractivity contribution in [2.75, 3.05) is 0 Å². The van der Waals surface area contributed by atoms with E-state index in [1.165, 1.54) is 60.7 Å². The molecule has 0 fully saturated rings. The number of sulfonamides is 1. The molecule has 0 saturated heterocycles. The van der Waals surface area contributed by atoms with E-state index in [0.717, 1.165) is 11.5 Å². The van der Waals surface area contributed by atoms with E-state index >= 15 is 0 Å². The first kappa shape index (κ1) is 17.6. The zero-order valence-electron chi connectivity index (χ0n) is 12.3. The first-order valence-corrected chi connectivity index (χ1v) is 8.33. The molecule has 0 saturated carbocycles. The molecule has 124 valence electrons. The molecule has 0 aliphatic heterocycles. The van der Waals surface area contributed by atoms with Crippen LogP contribution < -0.4 is 4.72 Å². The summed E-state index contributed by atoms with van der Waals surface area (Å²) in [5.74, 6) is -1.69. The fourth-order valence-electron chi connectivity index (χ4n) is 1.70. The summed E-state index contributed by atoms with van der Waals surface area (Å²) in [5, 5.41) is 0.809. The molecular weight excluding hydrogens is 336 g/mol. The Morgan fingerprint density at radius 1 is 0.833 bits per heavy atom. The summed E-state index contributed by atoms with van der Waals surface area (Å²) in [7, 11) is -3.99. The molecule has 0 aromatic heterocycles. The van der Waals surface area contributed by atoms with Crippen LogP contribution >= 0.6 is 0 Å². The predicted molar refractivity (Wildman–Crippen MR) is 87.9 cm³/mol. The highest BCUT2D eigenvalue weighted by Gasteiger charge is 2.08. The minimum atomic E-state index is -3.99.